The molecule has 0 aromatic heterocycles. The van der Waals surface area contributed by atoms with E-state index in [0.29, 0.717) is 19.1 Å². The van der Waals surface area contributed by atoms with Gasteiger partial charge in [0, 0.05) is 26.7 Å². The number of rotatable bonds is 5. The van der Waals surface area contributed by atoms with E-state index in [9.17, 15) is 0 Å². The zero-order valence-electron chi connectivity index (χ0n) is 6.96. The molecule has 0 saturated carbocycles. The van der Waals surface area contributed by atoms with Crippen LogP contribution < -0.4 is 5.73 Å². The molecule has 0 aromatic rings. The van der Waals surface area contributed by atoms with E-state index in [2.05, 4.69) is 6.92 Å². The Balaban J connectivity index is 3.53. The van der Waals surface area contributed by atoms with Crippen LogP contribution in [0.2, 0.25) is 0 Å². The van der Waals surface area contributed by atoms with Gasteiger partial charge in [0.05, 0.1) is 12.7 Å². The number of methoxy groups -OCH3 is 2. The predicted octanol–water partition coefficient (Wildman–Crippen LogP) is 0.243. The minimum absolute atomic E-state index is 0.125. The highest BCUT2D eigenvalue weighted by Gasteiger charge is 2.13. The van der Waals surface area contributed by atoms with Crippen LogP contribution in [0.1, 0.15) is 6.92 Å². The molecule has 2 unspecified atom stereocenters. The molecule has 0 fully saturated rings. The number of ether oxygens (including phenoxy) is 2. The third-order valence-corrected chi connectivity index (χ3v) is 1.60. The Morgan fingerprint density at radius 1 is 1.40 bits per heavy atom. The zero-order valence-corrected chi connectivity index (χ0v) is 6.96. The van der Waals surface area contributed by atoms with Gasteiger partial charge in [-0.05, 0) is 0 Å². The predicted molar refractivity (Wildman–Crippen MR) is 40.9 cm³/mol. The summed E-state index contributed by atoms with van der Waals surface area (Å²) < 4.78 is 10.1. The van der Waals surface area contributed by atoms with Gasteiger partial charge in [0.2, 0.25) is 0 Å². The Labute approximate surface area is 62.5 Å². The van der Waals surface area contributed by atoms with Crippen molar-refractivity contribution in [2.24, 2.45) is 11.7 Å². The molecular weight excluding hydrogens is 130 g/mol. The molecule has 3 nitrogen and oxygen atoms in total. The van der Waals surface area contributed by atoms with Crippen molar-refractivity contribution >= 4 is 0 Å². The van der Waals surface area contributed by atoms with Crippen LogP contribution in [-0.2, 0) is 9.47 Å². The Hall–Kier alpha value is -0.120. The third-order valence-electron chi connectivity index (χ3n) is 1.60. The van der Waals surface area contributed by atoms with E-state index in [1.54, 1.807) is 14.2 Å². The summed E-state index contributed by atoms with van der Waals surface area (Å²) >= 11 is 0. The van der Waals surface area contributed by atoms with E-state index < -0.39 is 0 Å². The molecule has 2 atom stereocenters. The van der Waals surface area contributed by atoms with Crippen LogP contribution in [0, 0.1) is 5.92 Å². The third kappa shape index (κ3) is 3.15. The largest absolute Gasteiger partial charge is 0.384 e. The second-order valence-corrected chi connectivity index (χ2v) is 2.44. The molecule has 0 bridgehead atoms. The first-order chi connectivity index (χ1) is 4.76. The van der Waals surface area contributed by atoms with Crippen LogP contribution >= 0.6 is 0 Å². The van der Waals surface area contributed by atoms with Gasteiger partial charge in [0.1, 0.15) is 0 Å². The van der Waals surface area contributed by atoms with Crippen LogP contribution in [0.4, 0.5) is 0 Å². The summed E-state index contributed by atoms with van der Waals surface area (Å²) in [4.78, 5) is 0. The first kappa shape index (κ1) is 9.88. The van der Waals surface area contributed by atoms with Crippen LogP contribution in [0.25, 0.3) is 0 Å². The van der Waals surface area contributed by atoms with Gasteiger partial charge in [0.25, 0.3) is 0 Å². The molecule has 0 spiro atoms. The molecule has 0 rings (SSSR count). The molecule has 0 aliphatic carbocycles. The minimum atomic E-state index is 0.125. The van der Waals surface area contributed by atoms with Gasteiger partial charge in [-0.1, -0.05) is 6.92 Å². The first-order valence-electron chi connectivity index (χ1n) is 3.48. The van der Waals surface area contributed by atoms with E-state index in [4.69, 9.17) is 15.2 Å². The molecule has 0 aliphatic rings. The fourth-order valence-electron chi connectivity index (χ4n) is 0.931. The van der Waals surface area contributed by atoms with Gasteiger partial charge < -0.3 is 15.2 Å². The summed E-state index contributed by atoms with van der Waals surface area (Å²) in [6.07, 6.45) is 0.125. The average molecular weight is 147 g/mol. The quantitative estimate of drug-likeness (QED) is 0.606. The Bertz CT molecular complexity index is 74.0. The summed E-state index contributed by atoms with van der Waals surface area (Å²) in [5.41, 5.74) is 5.43. The molecule has 0 aliphatic heterocycles. The second-order valence-electron chi connectivity index (χ2n) is 2.44. The maximum Gasteiger partial charge on any atom is 0.0740 e. The molecule has 0 amide bonds. The van der Waals surface area contributed by atoms with Crippen molar-refractivity contribution in [3.63, 3.8) is 0 Å². The Morgan fingerprint density at radius 3 is 2.30 bits per heavy atom. The highest BCUT2D eigenvalue weighted by Crippen LogP contribution is 2.04. The summed E-state index contributed by atoms with van der Waals surface area (Å²) in [6, 6.07) is 0. The fourth-order valence-corrected chi connectivity index (χ4v) is 0.931. The van der Waals surface area contributed by atoms with E-state index >= 15 is 0 Å². The van der Waals surface area contributed by atoms with Crippen LogP contribution in [0.5, 0.6) is 0 Å². The van der Waals surface area contributed by atoms with Gasteiger partial charge >= 0.3 is 0 Å². The van der Waals surface area contributed by atoms with E-state index in [0.717, 1.165) is 0 Å². The molecule has 3 heteroatoms. The van der Waals surface area contributed by atoms with Crippen LogP contribution in [0.3, 0.4) is 0 Å². The van der Waals surface area contributed by atoms with Crippen molar-refractivity contribution in [3.8, 4) is 0 Å². The van der Waals surface area contributed by atoms with Crippen molar-refractivity contribution < 1.29 is 9.47 Å². The summed E-state index contributed by atoms with van der Waals surface area (Å²) in [6.45, 7) is 3.32. The van der Waals surface area contributed by atoms with Crippen LogP contribution in [-0.4, -0.2) is 33.5 Å². The van der Waals surface area contributed by atoms with Crippen molar-refractivity contribution in [2.75, 3.05) is 27.4 Å². The van der Waals surface area contributed by atoms with E-state index in [1.165, 1.54) is 0 Å². The topological polar surface area (TPSA) is 44.5 Å². The molecule has 62 valence electrons. The van der Waals surface area contributed by atoms with E-state index in [1.807, 2.05) is 0 Å². The second kappa shape index (κ2) is 5.65. The van der Waals surface area contributed by atoms with Gasteiger partial charge in [-0.2, -0.15) is 0 Å². The van der Waals surface area contributed by atoms with Crippen molar-refractivity contribution in [1.29, 1.82) is 0 Å². The molecule has 0 radical (unpaired) electrons. The van der Waals surface area contributed by atoms with Crippen molar-refractivity contribution in [3.05, 3.63) is 0 Å². The standard InChI is InChI=1S/C7H17NO2/c1-6(5-9-2)7(4-8)10-3/h6-7H,4-5,8H2,1-3H3. The zero-order chi connectivity index (χ0) is 7.98. The number of hydrogen-bond acceptors (Lipinski definition) is 3. The minimum Gasteiger partial charge on any atom is -0.384 e. The Morgan fingerprint density at radius 2 is 2.00 bits per heavy atom. The van der Waals surface area contributed by atoms with Crippen molar-refractivity contribution in [1.82, 2.24) is 0 Å². The lowest BCUT2D eigenvalue weighted by Gasteiger charge is -2.19. The van der Waals surface area contributed by atoms with Gasteiger partial charge in [-0.15, -0.1) is 0 Å². The summed E-state index contributed by atoms with van der Waals surface area (Å²) in [5.74, 6) is 0.375. The summed E-state index contributed by atoms with van der Waals surface area (Å²) in [7, 11) is 3.35. The molecule has 10 heavy (non-hydrogen) atoms. The molecule has 0 heterocycles. The van der Waals surface area contributed by atoms with Gasteiger partial charge in [-0.25, -0.2) is 0 Å². The smallest absolute Gasteiger partial charge is 0.0740 e. The lowest BCUT2D eigenvalue weighted by molar-refractivity contribution is 0.0277. The average Bonchev–Trinajstić information content (AvgIpc) is 1.91. The van der Waals surface area contributed by atoms with Gasteiger partial charge in [-0.3, -0.25) is 0 Å². The highest BCUT2D eigenvalue weighted by atomic mass is 16.5. The maximum atomic E-state index is 5.43. The monoisotopic (exact) mass is 147 g/mol. The Kier molecular flexibility index (Phi) is 5.58. The molecular formula is C7H17NO2. The highest BCUT2D eigenvalue weighted by molar-refractivity contribution is 4.65. The lowest BCUT2D eigenvalue weighted by Crippen LogP contribution is -2.31. The summed E-state index contributed by atoms with van der Waals surface area (Å²) in [5, 5.41) is 0. The van der Waals surface area contributed by atoms with Crippen LogP contribution in [0.15, 0.2) is 0 Å². The fraction of sp³-hybridized carbons (Fsp3) is 1.00. The van der Waals surface area contributed by atoms with Gasteiger partial charge in [0.15, 0.2) is 0 Å². The molecule has 2 N–H and O–H groups in total. The SMILES string of the molecule is COCC(C)C(CN)OC. The van der Waals surface area contributed by atoms with E-state index in [-0.39, 0.29) is 6.10 Å². The first-order valence-corrected chi connectivity index (χ1v) is 3.48. The molecule has 0 saturated heterocycles. The molecule has 0 aromatic carbocycles. The maximum absolute atomic E-state index is 5.43. The number of hydrogen-bond donors (Lipinski definition) is 1. The number of nitrogens with two attached hydrogens (primary N) is 1. The van der Waals surface area contributed by atoms with Crippen molar-refractivity contribution in [2.45, 2.75) is 13.0 Å². The lowest BCUT2D eigenvalue weighted by atomic mass is 10.1. The normalized spacial score (nSPS) is 16.8.